The first kappa shape index (κ1) is 7.46. The highest BCUT2D eigenvalue weighted by Crippen LogP contribution is 2.28. The van der Waals surface area contributed by atoms with Crippen molar-refractivity contribution < 1.29 is 13.2 Å². The summed E-state index contributed by atoms with van der Waals surface area (Å²) in [5.41, 5.74) is -0.865. The van der Waals surface area contributed by atoms with Crippen molar-refractivity contribution in [3.8, 4) is 0 Å². The monoisotopic (exact) mass is 168 g/mol. The fraction of sp³-hybridized carbons (Fsp3) is 0.250. The third kappa shape index (κ3) is 1.26. The Hall–Kier alpha value is -0.650. The Kier molecular flexibility index (Phi) is 1.63. The van der Waals surface area contributed by atoms with Crippen molar-refractivity contribution in [1.82, 2.24) is 9.19 Å². The van der Waals surface area contributed by atoms with E-state index in [0.29, 0.717) is 4.09 Å². The fourth-order valence-electron chi connectivity index (χ4n) is 0.504. The van der Waals surface area contributed by atoms with E-state index in [1.54, 1.807) is 0 Å². The van der Waals surface area contributed by atoms with Crippen LogP contribution in [-0.2, 0) is 6.18 Å². The lowest BCUT2D eigenvalue weighted by molar-refractivity contribution is -0.141. The molecule has 1 aromatic heterocycles. The topological polar surface area (TPSA) is 17.8 Å². The van der Waals surface area contributed by atoms with Gasteiger partial charge in [0, 0.05) is 0 Å². The molecule has 0 radical (unpaired) electrons. The van der Waals surface area contributed by atoms with Gasteiger partial charge in [-0.25, -0.2) is 4.09 Å². The second-order valence-corrected chi connectivity index (χ2v) is 1.98. The van der Waals surface area contributed by atoms with Gasteiger partial charge in [-0.15, -0.1) is 0 Å². The van der Waals surface area contributed by atoms with E-state index in [2.05, 4.69) is 17.9 Å². The maximum atomic E-state index is 11.8. The zero-order valence-corrected chi connectivity index (χ0v) is 5.52. The van der Waals surface area contributed by atoms with Crippen LogP contribution in [0.5, 0.6) is 0 Å². The Bertz CT molecular complexity index is 229. The molecule has 0 fully saturated rings. The van der Waals surface area contributed by atoms with E-state index in [1.165, 1.54) is 0 Å². The number of thiol groups is 1. The molecule has 56 valence electrons. The van der Waals surface area contributed by atoms with Crippen molar-refractivity contribution in [3.05, 3.63) is 18.0 Å². The predicted molar refractivity (Wildman–Crippen MR) is 31.6 cm³/mol. The molecule has 0 aliphatic rings. The Balaban J connectivity index is 3.05. The number of hydrogen-bond acceptors (Lipinski definition) is 2. The number of hydrogen-bond donors (Lipinski definition) is 1. The average molecular weight is 168 g/mol. The summed E-state index contributed by atoms with van der Waals surface area (Å²) in [6.07, 6.45) is -3.33. The molecule has 0 atom stereocenters. The van der Waals surface area contributed by atoms with Gasteiger partial charge in [0.1, 0.15) is 0 Å². The molecular weight excluding hydrogens is 165 g/mol. The van der Waals surface area contributed by atoms with Gasteiger partial charge in [-0.05, 0) is 18.9 Å². The second kappa shape index (κ2) is 2.19. The molecule has 6 heteroatoms. The van der Waals surface area contributed by atoms with Crippen LogP contribution in [0, 0.1) is 0 Å². The van der Waals surface area contributed by atoms with Gasteiger partial charge in [-0.3, -0.25) is 0 Å². The lowest BCUT2D eigenvalue weighted by Crippen LogP contribution is -2.08. The molecule has 1 heterocycles. The summed E-state index contributed by atoms with van der Waals surface area (Å²) in [6, 6.07) is 0.854. The Morgan fingerprint density at radius 1 is 1.50 bits per heavy atom. The summed E-state index contributed by atoms with van der Waals surface area (Å²) in [4.78, 5) is 0. The highest BCUT2D eigenvalue weighted by atomic mass is 32.1. The highest BCUT2D eigenvalue weighted by molar-refractivity contribution is 7.78. The lowest BCUT2D eigenvalue weighted by Gasteiger charge is -2.03. The molecular formula is C4H3F3N2S. The number of halogens is 3. The predicted octanol–water partition coefficient (Wildman–Crippen LogP) is 1.59. The number of nitrogens with zero attached hydrogens (tertiary/aromatic N) is 2. The first-order chi connectivity index (χ1) is 4.52. The second-order valence-electron chi connectivity index (χ2n) is 1.60. The molecule has 0 unspecified atom stereocenters. The normalized spacial score (nSPS) is 12.0. The molecule has 1 aromatic rings. The van der Waals surface area contributed by atoms with Crippen molar-refractivity contribution in [3.63, 3.8) is 0 Å². The van der Waals surface area contributed by atoms with Gasteiger partial charge >= 0.3 is 6.18 Å². The Morgan fingerprint density at radius 2 is 2.10 bits per heavy atom. The minimum absolute atomic E-state index is 0.486. The van der Waals surface area contributed by atoms with E-state index in [1.807, 2.05) is 0 Å². The zero-order valence-electron chi connectivity index (χ0n) is 4.63. The van der Waals surface area contributed by atoms with E-state index < -0.39 is 11.9 Å². The van der Waals surface area contributed by atoms with Crippen LogP contribution in [0.4, 0.5) is 13.2 Å². The largest absolute Gasteiger partial charge is 0.434 e. The quantitative estimate of drug-likeness (QED) is 0.582. The molecule has 0 saturated heterocycles. The molecule has 0 amide bonds. The first-order valence-electron chi connectivity index (χ1n) is 2.32. The Morgan fingerprint density at radius 3 is 2.30 bits per heavy atom. The van der Waals surface area contributed by atoms with Gasteiger partial charge in [-0.2, -0.15) is 18.3 Å². The van der Waals surface area contributed by atoms with E-state index in [9.17, 15) is 13.2 Å². The van der Waals surface area contributed by atoms with Gasteiger partial charge in [0.2, 0.25) is 0 Å². The maximum absolute atomic E-state index is 11.8. The van der Waals surface area contributed by atoms with E-state index in [0.717, 1.165) is 12.3 Å². The highest BCUT2D eigenvalue weighted by Gasteiger charge is 2.34. The van der Waals surface area contributed by atoms with Crippen molar-refractivity contribution in [1.29, 1.82) is 0 Å². The van der Waals surface area contributed by atoms with Gasteiger partial charge < -0.3 is 0 Å². The van der Waals surface area contributed by atoms with Crippen LogP contribution in [-0.4, -0.2) is 9.19 Å². The van der Waals surface area contributed by atoms with E-state index in [4.69, 9.17) is 0 Å². The third-order valence-corrected chi connectivity index (χ3v) is 1.23. The molecule has 10 heavy (non-hydrogen) atoms. The molecule has 1 rings (SSSR count). The van der Waals surface area contributed by atoms with Crippen molar-refractivity contribution in [2.45, 2.75) is 6.18 Å². The van der Waals surface area contributed by atoms with Crippen molar-refractivity contribution in [2.24, 2.45) is 0 Å². The van der Waals surface area contributed by atoms with Crippen LogP contribution in [0.25, 0.3) is 0 Å². The SMILES string of the molecule is FC(F)(F)c1ccnn1S. The minimum atomic E-state index is -4.36. The van der Waals surface area contributed by atoms with Crippen LogP contribution < -0.4 is 0 Å². The van der Waals surface area contributed by atoms with Crippen molar-refractivity contribution in [2.75, 3.05) is 0 Å². The van der Waals surface area contributed by atoms with Gasteiger partial charge in [0.25, 0.3) is 0 Å². The molecule has 0 saturated carbocycles. The van der Waals surface area contributed by atoms with Crippen LogP contribution in [0.1, 0.15) is 5.69 Å². The van der Waals surface area contributed by atoms with Gasteiger partial charge in [-0.1, -0.05) is 0 Å². The number of aromatic nitrogens is 2. The summed E-state index contributed by atoms with van der Waals surface area (Å²) < 4.78 is 35.8. The van der Waals surface area contributed by atoms with E-state index >= 15 is 0 Å². The van der Waals surface area contributed by atoms with E-state index in [-0.39, 0.29) is 0 Å². The summed E-state index contributed by atoms with van der Waals surface area (Å²) in [5.74, 6) is 0. The summed E-state index contributed by atoms with van der Waals surface area (Å²) in [7, 11) is 0. The average Bonchev–Trinajstić information content (AvgIpc) is 2.11. The Labute approximate surface area is 60.2 Å². The zero-order chi connectivity index (χ0) is 7.78. The molecule has 0 bridgehead atoms. The molecule has 0 aliphatic heterocycles. The smallest absolute Gasteiger partial charge is 0.205 e. The molecule has 0 spiro atoms. The molecule has 2 nitrogen and oxygen atoms in total. The van der Waals surface area contributed by atoms with Crippen LogP contribution >= 0.6 is 12.8 Å². The van der Waals surface area contributed by atoms with Crippen LogP contribution in [0.3, 0.4) is 0 Å². The maximum Gasteiger partial charge on any atom is 0.434 e. The number of rotatable bonds is 0. The summed E-state index contributed by atoms with van der Waals surface area (Å²) in [6.45, 7) is 0. The van der Waals surface area contributed by atoms with Crippen LogP contribution in [0.15, 0.2) is 12.3 Å². The van der Waals surface area contributed by atoms with Crippen LogP contribution in [0.2, 0.25) is 0 Å². The number of alkyl halides is 3. The lowest BCUT2D eigenvalue weighted by atomic mass is 10.4. The summed E-state index contributed by atoms with van der Waals surface area (Å²) >= 11 is 3.43. The molecule has 0 aromatic carbocycles. The molecule has 0 aliphatic carbocycles. The standard InChI is InChI=1S/C4H3F3N2S/c5-4(6,7)3-1-2-8-9(3)10/h1-2,10H. The van der Waals surface area contributed by atoms with Gasteiger partial charge in [0.05, 0.1) is 6.20 Å². The van der Waals surface area contributed by atoms with Crippen molar-refractivity contribution >= 4 is 12.8 Å². The minimum Gasteiger partial charge on any atom is -0.205 e. The first-order valence-corrected chi connectivity index (χ1v) is 2.72. The van der Waals surface area contributed by atoms with Gasteiger partial charge in [0.15, 0.2) is 5.69 Å². The summed E-state index contributed by atoms with van der Waals surface area (Å²) in [5, 5.41) is 3.24. The fourth-order valence-corrected chi connectivity index (χ4v) is 0.744. The third-order valence-electron chi connectivity index (χ3n) is 0.914. The molecule has 0 N–H and O–H groups in total.